The molecule has 0 amide bonds. The third-order valence-corrected chi connectivity index (χ3v) is 3.72. The Bertz CT molecular complexity index is 176. The van der Waals surface area contributed by atoms with Crippen LogP contribution in [-0.4, -0.2) is 22.6 Å². The molecule has 0 aromatic rings. The number of hydrogen-bond donors (Lipinski definition) is 2. The first-order valence-electron chi connectivity index (χ1n) is 7.64. The van der Waals surface area contributed by atoms with Gasteiger partial charge in [0.2, 0.25) is 0 Å². The average Bonchev–Trinajstić information content (AvgIpc) is 2.26. The second-order valence-electron chi connectivity index (χ2n) is 5.59. The number of unbranched alkanes of at least 4 members (excludes halogenated alkanes) is 6. The van der Waals surface area contributed by atoms with Crippen LogP contribution >= 0.6 is 11.6 Å². The molecule has 0 aromatic heterocycles. The SMILES string of the molecule is CCCCCCCCCC(Cl)CC(N)CC(C)O. The van der Waals surface area contributed by atoms with E-state index in [-0.39, 0.29) is 17.5 Å². The van der Waals surface area contributed by atoms with Crippen molar-refractivity contribution in [1.82, 2.24) is 0 Å². The van der Waals surface area contributed by atoms with Crippen LogP contribution in [0.2, 0.25) is 0 Å². The topological polar surface area (TPSA) is 46.2 Å². The molecule has 0 bridgehead atoms. The van der Waals surface area contributed by atoms with Crippen molar-refractivity contribution in [2.45, 2.75) is 95.6 Å². The smallest absolute Gasteiger partial charge is 0.0526 e. The van der Waals surface area contributed by atoms with E-state index in [2.05, 4.69) is 6.92 Å². The summed E-state index contributed by atoms with van der Waals surface area (Å²) in [5.41, 5.74) is 5.92. The minimum Gasteiger partial charge on any atom is -0.393 e. The van der Waals surface area contributed by atoms with Crippen LogP contribution < -0.4 is 5.73 Å². The van der Waals surface area contributed by atoms with Crippen LogP contribution in [0.4, 0.5) is 0 Å². The molecule has 0 aliphatic carbocycles. The van der Waals surface area contributed by atoms with Gasteiger partial charge in [-0.2, -0.15) is 0 Å². The summed E-state index contributed by atoms with van der Waals surface area (Å²) in [5, 5.41) is 9.40. The number of nitrogens with two attached hydrogens (primary N) is 1. The van der Waals surface area contributed by atoms with E-state index in [9.17, 15) is 5.11 Å². The van der Waals surface area contributed by atoms with Crippen LogP contribution in [-0.2, 0) is 0 Å². The van der Waals surface area contributed by atoms with Gasteiger partial charge in [0, 0.05) is 11.4 Å². The summed E-state index contributed by atoms with van der Waals surface area (Å²) in [6.45, 7) is 4.02. The highest BCUT2D eigenvalue weighted by atomic mass is 35.5. The zero-order valence-electron chi connectivity index (χ0n) is 12.2. The van der Waals surface area contributed by atoms with E-state index in [0.29, 0.717) is 6.42 Å². The third kappa shape index (κ3) is 12.7. The number of halogens is 1. The number of aliphatic hydroxyl groups is 1. The molecule has 110 valence electrons. The van der Waals surface area contributed by atoms with Crippen molar-refractivity contribution in [2.75, 3.05) is 0 Å². The van der Waals surface area contributed by atoms with Crippen LogP contribution in [0, 0.1) is 0 Å². The van der Waals surface area contributed by atoms with Crippen LogP contribution in [0.25, 0.3) is 0 Å². The van der Waals surface area contributed by atoms with E-state index in [1.165, 1.54) is 44.9 Å². The van der Waals surface area contributed by atoms with Crippen molar-refractivity contribution >= 4 is 11.6 Å². The molecule has 0 aliphatic rings. The lowest BCUT2D eigenvalue weighted by molar-refractivity contribution is 0.172. The van der Waals surface area contributed by atoms with E-state index >= 15 is 0 Å². The fraction of sp³-hybridized carbons (Fsp3) is 1.00. The van der Waals surface area contributed by atoms with E-state index in [0.717, 1.165) is 12.8 Å². The van der Waals surface area contributed by atoms with Gasteiger partial charge in [0.1, 0.15) is 0 Å². The normalized spacial score (nSPS) is 16.5. The number of hydrogen-bond acceptors (Lipinski definition) is 2. The molecule has 3 heteroatoms. The summed E-state index contributed by atoms with van der Waals surface area (Å²) in [5.74, 6) is 0. The molecular formula is C15H32ClNO. The average molecular weight is 278 g/mol. The molecule has 3 atom stereocenters. The van der Waals surface area contributed by atoms with E-state index in [4.69, 9.17) is 17.3 Å². The maximum absolute atomic E-state index is 9.23. The molecule has 0 saturated heterocycles. The molecule has 0 aliphatic heterocycles. The second-order valence-corrected chi connectivity index (χ2v) is 6.20. The zero-order chi connectivity index (χ0) is 13.8. The van der Waals surface area contributed by atoms with E-state index in [1.54, 1.807) is 6.92 Å². The molecule has 0 aromatic carbocycles. The fourth-order valence-electron chi connectivity index (χ4n) is 2.30. The Kier molecular flexibility index (Phi) is 12.4. The lowest BCUT2D eigenvalue weighted by atomic mass is 10.0. The largest absolute Gasteiger partial charge is 0.393 e. The predicted octanol–water partition coefficient (Wildman–Crippen LogP) is 4.22. The molecule has 0 saturated carbocycles. The highest BCUT2D eigenvalue weighted by Crippen LogP contribution is 2.17. The molecule has 0 fully saturated rings. The highest BCUT2D eigenvalue weighted by Gasteiger charge is 2.12. The van der Waals surface area contributed by atoms with Crippen molar-refractivity contribution in [1.29, 1.82) is 0 Å². The van der Waals surface area contributed by atoms with Crippen LogP contribution in [0.5, 0.6) is 0 Å². The van der Waals surface area contributed by atoms with Crippen LogP contribution in [0.1, 0.15) is 78.1 Å². The predicted molar refractivity (Wildman–Crippen MR) is 81.1 cm³/mol. The first-order chi connectivity index (χ1) is 8.56. The maximum atomic E-state index is 9.23. The second kappa shape index (κ2) is 12.3. The summed E-state index contributed by atoms with van der Waals surface area (Å²) < 4.78 is 0. The summed E-state index contributed by atoms with van der Waals surface area (Å²) in [6, 6.07) is 0.0389. The van der Waals surface area contributed by atoms with Gasteiger partial charge in [0.05, 0.1) is 6.10 Å². The zero-order valence-corrected chi connectivity index (χ0v) is 13.0. The van der Waals surface area contributed by atoms with Crippen molar-refractivity contribution in [3.05, 3.63) is 0 Å². The Morgan fingerprint density at radius 1 is 1.00 bits per heavy atom. The Morgan fingerprint density at radius 3 is 2.11 bits per heavy atom. The fourth-order valence-corrected chi connectivity index (χ4v) is 2.69. The third-order valence-electron chi connectivity index (χ3n) is 3.32. The van der Waals surface area contributed by atoms with Crippen LogP contribution in [0.3, 0.4) is 0 Å². The molecular weight excluding hydrogens is 246 g/mol. The van der Waals surface area contributed by atoms with E-state index < -0.39 is 0 Å². The van der Waals surface area contributed by atoms with Gasteiger partial charge in [-0.3, -0.25) is 0 Å². The Balaban J connectivity index is 3.33. The molecule has 3 N–H and O–H groups in total. The summed E-state index contributed by atoms with van der Waals surface area (Å²) >= 11 is 6.26. The Hall–Kier alpha value is 0.210. The molecule has 18 heavy (non-hydrogen) atoms. The van der Waals surface area contributed by atoms with Gasteiger partial charge in [0.15, 0.2) is 0 Å². The van der Waals surface area contributed by atoms with Gasteiger partial charge in [-0.1, -0.05) is 51.9 Å². The van der Waals surface area contributed by atoms with E-state index in [1.807, 2.05) is 0 Å². The van der Waals surface area contributed by atoms with Gasteiger partial charge in [0.25, 0.3) is 0 Å². The number of alkyl halides is 1. The highest BCUT2D eigenvalue weighted by molar-refractivity contribution is 6.20. The molecule has 0 spiro atoms. The first kappa shape index (κ1) is 18.2. The minimum absolute atomic E-state index is 0.0389. The lowest BCUT2D eigenvalue weighted by Gasteiger charge is -2.17. The van der Waals surface area contributed by atoms with Gasteiger partial charge < -0.3 is 10.8 Å². The Labute approximate surface area is 118 Å². The van der Waals surface area contributed by atoms with Crippen molar-refractivity contribution in [3.63, 3.8) is 0 Å². The summed E-state index contributed by atoms with van der Waals surface area (Å²) in [6.07, 6.45) is 11.5. The quantitative estimate of drug-likeness (QED) is 0.414. The van der Waals surface area contributed by atoms with Gasteiger partial charge in [-0.05, 0) is 26.2 Å². The summed E-state index contributed by atoms with van der Waals surface area (Å²) in [7, 11) is 0. The monoisotopic (exact) mass is 277 g/mol. The molecule has 0 rings (SSSR count). The van der Waals surface area contributed by atoms with Crippen molar-refractivity contribution in [2.24, 2.45) is 5.73 Å². The first-order valence-corrected chi connectivity index (χ1v) is 8.07. The standard InChI is InChI=1S/C15H32ClNO/c1-3-4-5-6-7-8-9-10-14(16)12-15(17)11-13(2)18/h13-15,18H,3-12,17H2,1-2H3. The maximum Gasteiger partial charge on any atom is 0.0526 e. The van der Waals surface area contributed by atoms with Gasteiger partial charge in [-0.15, -0.1) is 11.6 Å². The van der Waals surface area contributed by atoms with Gasteiger partial charge >= 0.3 is 0 Å². The van der Waals surface area contributed by atoms with Crippen molar-refractivity contribution in [3.8, 4) is 0 Å². The molecule has 0 heterocycles. The minimum atomic E-state index is -0.317. The molecule has 3 unspecified atom stereocenters. The number of aliphatic hydroxyl groups excluding tert-OH is 1. The lowest BCUT2D eigenvalue weighted by Crippen LogP contribution is -2.27. The molecule has 0 radical (unpaired) electrons. The summed E-state index contributed by atoms with van der Waals surface area (Å²) in [4.78, 5) is 0. The van der Waals surface area contributed by atoms with Crippen LogP contribution in [0.15, 0.2) is 0 Å². The number of rotatable bonds is 12. The van der Waals surface area contributed by atoms with Gasteiger partial charge in [-0.25, -0.2) is 0 Å². The molecule has 2 nitrogen and oxygen atoms in total. The Morgan fingerprint density at radius 2 is 1.56 bits per heavy atom. The van der Waals surface area contributed by atoms with Crippen molar-refractivity contribution < 1.29 is 5.11 Å².